The number of rotatable bonds is 37. The summed E-state index contributed by atoms with van der Waals surface area (Å²) in [5.41, 5.74) is 9.40. The van der Waals surface area contributed by atoms with Gasteiger partial charge in [-0.2, -0.15) is 0 Å². The smallest absolute Gasteiger partial charge is 0.347 e. The van der Waals surface area contributed by atoms with Crippen LogP contribution >= 0.6 is 0 Å². The number of cyclic esters (lactones) is 2. The highest BCUT2D eigenvalue weighted by atomic mass is 16.6. The molecule has 0 spiro atoms. The molecule has 4 aromatic carbocycles. The summed E-state index contributed by atoms with van der Waals surface area (Å²) < 4.78 is 46.2. The summed E-state index contributed by atoms with van der Waals surface area (Å²) in [5, 5.41) is 24.2. The zero-order chi connectivity index (χ0) is 77.2. The number of urea groups is 1. The highest BCUT2D eigenvalue weighted by molar-refractivity contribution is 6.32. The molecule has 3 heterocycles. The average Bonchev–Trinajstić information content (AvgIpc) is 1.63. The van der Waals surface area contributed by atoms with Gasteiger partial charge in [0, 0.05) is 67.4 Å². The van der Waals surface area contributed by atoms with E-state index in [9.17, 15) is 57.8 Å². The minimum Gasteiger partial charge on any atom is -0.508 e. The Labute approximate surface area is 619 Å². The number of primary amides is 1. The largest absolute Gasteiger partial charge is 0.508 e. The maximum atomic E-state index is 14.0. The Balaban J connectivity index is 0.829. The fraction of sp³-hybridized carbons (Fsp3) is 0.506. The Bertz CT molecular complexity index is 3750. The van der Waals surface area contributed by atoms with Crippen molar-refractivity contribution in [1.29, 1.82) is 0 Å². The molecule has 8 amide bonds. The number of benzene rings is 4. The first-order valence-electron chi connectivity index (χ1n) is 36.2. The first-order chi connectivity index (χ1) is 50.5. The number of carbonyl (C=O) groups excluding carboxylic acids is 11. The van der Waals surface area contributed by atoms with Crippen LogP contribution in [-0.2, 0) is 107 Å². The molecule has 7 rings (SSSR count). The molecule has 1 saturated heterocycles. The molecule has 3 aliphatic heterocycles. The van der Waals surface area contributed by atoms with Crippen molar-refractivity contribution in [3.05, 3.63) is 142 Å². The lowest BCUT2D eigenvalue weighted by atomic mass is 9.89. The number of carbonyl (C=O) groups is 11. The van der Waals surface area contributed by atoms with Crippen LogP contribution < -0.4 is 42.0 Å². The number of nitrogens with zero attached hydrogens (tertiary/aromatic N) is 1. The second-order valence-electron chi connectivity index (χ2n) is 28.2. The molecule has 4 aromatic rings. The van der Waals surface area contributed by atoms with E-state index < -0.39 is 95.2 Å². The molecular formula is C79H103N7O20. The number of ketones is 1. The number of nitrogens with one attached hydrogen (secondary N) is 5. The van der Waals surface area contributed by atoms with E-state index in [4.69, 9.17) is 43.6 Å². The first kappa shape index (κ1) is 83.4. The number of amides is 8. The van der Waals surface area contributed by atoms with Crippen molar-refractivity contribution >= 4 is 76.5 Å². The van der Waals surface area contributed by atoms with Crippen LogP contribution in [0.15, 0.2) is 114 Å². The normalized spacial score (nSPS) is 19.7. The Morgan fingerprint density at radius 3 is 2.06 bits per heavy atom. The standard InChI is InChI=1S/C79H103N7O20/c1-11-55-23-19-54(42-62(55)87)41-61-73(93)82-46-79(9,10)77(97)105-65(40-47(2)3)76(96)104-64(15-12-16-66(89)84-61)51(8)70-71(106-70)56-24-17-52(18-25-56)22-32-68(91)103-44-53-20-26-58(27-21-53)83-72(92)57(14-13-33-81-78(80)98)43-63(88)69(48(4)5)85-67(90)45-101-37-36-99-34-35-100-38-39-102-60-30-28-59(29-31-60)86-74(94)49(6)50(7)75(86)95/h12,16-21,23-31,42,47-48,51,57,61,64-65,69-71,87H,11,13-15,22,32-41,43-46H2,1-10H3,(H,82,93)(H,83,92)(H,84,89)(H,85,90)(H3,80,81,98)/b16-12+/t51-,57+,61+,64-,65-,69-,70?,71+/m0/s1. The summed E-state index contributed by atoms with van der Waals surface area (Å²) in [5.74, 6) is -6.17. The number of nitrogens with two attached hydrogens (primary N) is 1. The zero-order valence-electron chi connectivity index (χ0n) is 62.3. The molecule has 27 heteroatoms. The fourth-order valence-electron chi connectivity index (χ4n) is 11.9. The second kappa shape index (κ2) is 40.6. The maximum absolute atomic E-state index is 14.0. The summed E-state index contributed by atoms with van der Waals surface area (Å²) in [7, 11) is 0. The summed E-state index contributed by atoms with van der Waals surface area (Å²) in [6, 6.07) is 23.3. The lowest BCUT2D eigenvalue weighted by molar-refractivity contribution is -0.179. The molecule has 0 aromatic heterocycles. The van der Waals surface area contributed by atoms with Gasteiger partial charge in [0.15, 0.2) is 11.9 Å². The molecule has 3 aliphatic rings. The Hall–Kier alpha value is -9.83. The van der Waals surface area contributed by atoms with E-state index >= 15 is 0 Å². The number of aryl methyl sites for hydroxylation is 2. The molecule has 8 N–H and O–H groups in total. The molecule has 0 radical (unpaired) electrons. The summed E-state index contributed by atoms with van der Waals surface area (Å²) >= 11 is 0. The van der Waals surface area contributed by atoms with Crippen LogP contribution in [0.5, 0.6) is 11.5 Å². The summed E-state index contributed by atoms with van der Waals surface area (Å²) in [6.07, 6.45) is 1.63. The van der Waals surface area contributed by atoms with Gasteiger partial charge in [0.05, 0.1) is 56.3 Å². The molecule has 1 fully saturated rings. The van der Waals surface area contributed by atoms with Crippen LogP contribution in [-0.4, -0.2) is 160 Å². The minimum absolute atomic E-state index is 0.0417. The van der Waals surface area contributed by atoms with Crippen LogP contribution in [0.1, 0.15) is 142 Å². The predicted octanol–water partition coefficient (Wildman–Crippen LogP) is 7.85. The number of ether oxygens (including phenoxy) is 8. The topological polar surface area (TPSA) is 375 Å². The van der Waals surface area contributed by atoms with E-state index in [1.807, 2.05) is 52.0 Å². The third-order valence-electron chi connectivity index (χ3n) is 18.5. The van der Waals surface area contributed by atoms with Gasteiger partial charge in [-0.05, 0) is 148 Å². The molecule has 1 unspecified atom stereocenters. The molecule has 106 heavy (non-hydrogen) atoms. The van der Waals surface area contributed by atoms with Gasteiger partial charge in [0.2, 0.25) is 23.6 Å². The maximum Gasteiger partial charge on any atom is 0.347 e. The number of hydrogen-bond acceptors (Lipinski definition) is 20. The van der Waals surface area contributed by atoms with E-state index in [0.29, 0.717) is 58.7 Å². The van der Waals surface area contributed by atoms with Gasteiger partial charge >= 0.3 is 23.9 Å². The van der Waals surface area contributed by atoms with Crippen molar-refractivity contribution in [3.63, 3.8) is 0 Å². The van der Waals surface area contributed by atoms with Crippen LogP contribution in [0.2, 0.25) is 0 Å². The van der Waals surface area contributed by atoms with Crippen molar-refractivity contribution in [2.45, 2.75) is 170 Å². The number of phenols is 1. The summed E-state index contributed by atoms with van der Waals surface area (Å²) in [6.45, 7) is 18.4. The average molecular weight is 1470 g/mol. The Morgan fingerprint density at radius 1 is 0.783 bits per heavy atom. The van der Waals surface area contributed by atoms with Gasteiger partial charge in [-0.3, -0.25) is 43.2 Å². The fourth-order valence-corrected chi connectivity index (χ4v) is 11.9. The summed E-state index contributed by atoms with van der Waals surface area (Å²) in [4.78, 5) is 146. The molecule has 27 nitrogen and oxygen atoms in total. The Kier molecular flexibility index (Phi) is 32.0. The number of phenolic OH excluding ortho intramolecular Hbond substituents is 1. The van der Waals surface area contributed by atoms with Crippen molar-refractivity contribution in [3.8, 4) is 11.5 Å². The molecule has 0 bridgehead atoms. The number of epoxide rings is 1. The monoisotopic (exact) mass is 1470 g/mol. The number of anilines is 2. The van der Waals surface area contributed by atoms with Crippen LogP contribution in [0.25, 0.3) is 0 Å². The number of aromatic hydroxyl groups is 1. The highest BCUT2D eigenvalue weighted by Crippen LogP contribution is 2.45. The molecular weight excluding hydrogens is 1370 g/mol. The van der Waals surface area contributed by atoms with E-state index in [1.165, 1.54) is 6.08 Å². The van der Waals surface area contributed by atoms with Gasteiger partial charge in [0.25, 0.3) is 11.8 Å². The lowest BCUT2D eigenvalue weighted by Crippen LogP contribution is -2.51. The lowest BCUT2D eigenvalue weighted by Gasteiger charge is -2.29. The van der Waals surface area contributed by atoms with Gasteiger partial charge < -0.3 is 75.3 Å². The first-order valence-corrected chi connectivity index (χ1v) is 36.2. The van der Waals surface area contributed by atoms with Crippen molar-refractivity contribution in [2.24, 2.45) is 34.8 Å². The van der Waals surface area contributed by atoms with Gasteiger partial charge in [0.1, 0.15) is 49.6 Å². The van der Waals surface area contributed by atoms with Crippen molar-refractivity contribution < 1.29 is 95.7 Å². The molecule has 574 valence electrons. The molecule has 0 saturated carbocycles. The quantitative estimate of drug-likeness (QED) is 0.00742. The zero-order valence-corrected chi connectivity index (χ0v) is 62.3. The van der Waals surface area contributed by atoms with Crippen molar-refractivity contribution in [1.82, 2.24) is 21.3 Å². The van der Waals surface area contributed by atoms with E-state index in [0.717, 1.165) is 21.6 Å². The Morgan fingerprint density at radius 2 is 1.42 bits per heavy atom. The SMILES string of the molecule is CCc1ccc(C[C@H]2NC(=O)/C=C/C[C@@H]([C@H](C)C3O[C@@H]3c3ccc(CCC(=O)OCc4ccc(NC(=O)[C@H](CCCNC(N)=O)CC(=O)[C@@H](NC(=O)COCCOCCOCCOc5ccc(N6C(=O)C(C)=C(C)C6=O)cc5)C(C)C)cc4)cc3)OC(=O)[C@H](CC(C)C)OC(=O)C(C)(C)CNC2=O)cc1O. The highest BCUT2D eigenvalue weighted by Gasteiger charge is 2.48. The third kappa shape index (κ3) is 25.8. The van der Waals surface area contributed by atoms with E-state index in [1.54, 1.807) is 114 Å². The van der Waals surface area contributed by atoms with Crippen LogP contribution in [0, 0.1) is 29.1 Å². The third-order valence-corrected chi connectivity index (χ3v) is 18.5. The van der Waals surface area contributed by atoms with Crippen molar-refractivity contribution in [2.75, 3.05) is 69.6 Å². The number of hydrogen-bond donors (Lipinski definition) is 7. The van der Waals surface area contributed by atoms with Crippen LogP contribution in [0.3, 0.4) is 0 Å². The van der Waals surface area contributed by atoms with E-state index in [-0.39, 0.29) is 146 Å². The van der Waals surface area contributed by atoms with E-state index in [2.05, 4.69) is 26.6 Å². The van der Waals surface area contributed by atoms with Gasteiger partial charge in [-0.15, -0.1) is 0 Å². The minimum atomic E-state index is -1.29. The number of Topliss-reactive ketones (excluding diaryl/α,β-unsaturated/α-hetero) is 1. The molecule has 8 atom stereocenters. The second-order valence-corrected chi connectivity index (χ2v) is 28.2. The number of esters is 3. The van der Waals surface area contributed by atoms with Gasteiger partial charge in [-0.25, -0.2) is 14.5 Å². The van der Waals surface area contributed by atoms with Gasteiger partial charge in [-0.1, -0.05) is 96.1 Å². The van der Waals surface area contributed by atoms with Crippen LogP contribution in [0.4, 0.5) is 16.2 Å². The molecule has 0 aliphatic carbocycles. The number of imide groups is 1. The predicted molar refractivity (Wildman–Crippen MR) is 391 cm³/mol.